The predicted octanol–water partition coefficient (Wildman–Crippen LogP) is 5.12. The fourth-order valence-corrected chi connectivity index (χ4v) is 2.35. The summed E-state index contributed by atoms with van der Waals surface area (Å²) < 4.78 is 83.1. The number of nitrogens with zero attached hydrogens (tertiary/aromatic N) is 1. The molecule has 0 amide bonds. The lowest BCUT2D eigenvalue weighted by atomic mass is 10.0. The zero-order chi connectivity index (χ0) is 20.4. The van der Waals surface area contributed by atoms with E-state index in [2.05, 4.69) is 10.4 Å². The third-order valence-corrected chi connectivity index (χ3v) is 3.64. The first kappa shape index (κ1) is 20.7. The Morgan fingerprint density at radius 2 is 1.56 bits per heavy atom. The molecule has 0 aromatic heterocycles. The van der Waals surface area contributed by atoms with Gasteiger partial charge in [-0.15, -0.1) is 0 Å². The van der Waals surface area contributed by atoms with E-state index in [9.17, 15) is 26.3 Å². The third kappa shape index (κ3) is 4.97. The van der Waals surface area contributed by atoms with Gasteiger partial charge in [-0.2, -0.15) is 31.4 Å². The molecule has 2 aromatic carbocycles. The summed E-state index contributed by atoms with van der Waals surface area (Å²) >= 11 is 5.85. The number of nitrogens with two attached hydrogens (primary N) is 1. The minimum absolute atomic E-state index is 0.0115. The van der Waals surface area contributed by atoms with Gasteiger partial charge in [0.2, 0.25) is 0 Å². The van der Waals surface area contributed by atoms with Crippen molar-refractivity contribution >= 4 is 23.1 Å². The van der Waals surface area contributed by atoms with Crippen LogP contribution in [-0.2, 0) is 12.4 Å². The van der Waals surface area contributed by atoms with Crippen LogP contribution in [0.15, 0.2) is 41.5 Å². The van der Waals surface area contributed by atoms with Gasteiger partial charge < -0.3 is 15.9 Å². The first-order valence-corrected chi connectivity index (χ1v) is 7.52. The van der Waals surface area contributed by atoms with E-state index in [-0.39, 0.29) is 22.5 Å². The highest BCUT2D eigenvalue weighted by Gasteiger charge is 2.37. The zero-order valence-electron chi connectivity index (χ0n) is 13.5. The number of hydrogen-bond acceptors (Lipinski definition) is 3. The summed E-state index contributed by atoms with van der Waals surface area (Å²) in [5.74, 6) is 4.98. The van der Waals surface area contributed by atoms with Gasteiger partial charge in [-0.1, -0.05) is 11.6 Å². The van der Waals surface area contributed by atoms with Crippen LogP contribution in [0.4, 0.5) is 32.0 Å². The molecule has 0 radical (unpaired) electrons. The SMILES string of the molecule is COc1ccc(Cl)cc1NC(=NN)c1cc(C(F)(F)F)cc(C(F)(F)F)c1. The third-order valence-electron chi connectivity index (χ3n) is 3.40. The van der Waals surface area contributed by atoms with Crippen molar-refractivity contribution in [1.29, 1.82) is 0 Å². The molecule has 0 aliphatic carbocycles. The second kappa shape index (κ2) is 7.55. The van der Waals surface area contributed by atoms with Crippen LogP contribution in [0.3, 0.4) is 0 Å². The van der Waals surface area contributed by atoms with Gasteiger partial charge in [0.05, 0.1) is 23.9 Å². The van der Waals surface area contributed by atoms with Crippen molar-refractivity contribution < 1.29 is 31.1 Å². The van der Waals surface area contributed by atoms with Crippen LogP contribution in [-0.4, -0.2) is 12.9 Å². The van der Waals surface area contributed by atoms with Crippen LogP contribution < -0.4 is 15.9 Å². The standard InChI is InChI=1S/C16H12ClF6N3O/c1-27-13-3-2-11(17)7-12(13)25-14(26-24)8-4-9(15(18,19)20)6-10(5-8)16(21,22)23/h2-7H,24H2,1H3,(H,25,26). The molecule has 11 heteroatoms. The lowest BCUT2D eigenvalue weighted by molar-refractivity contribution is -0.143. The molecule has 2 aromatic rings. The van der Waals surface area contributed by atoms with Crippen LogP contribution in [0.5, 0.6) is 5.75 Å². The lowest BCUT2D eigenvalue weighted by Gasteiger charge is -2.17. The van der Waals surface area contributed by atoms with Gasteiger partial charge in [-0.3, -0.25) is 0 Å². The van der Waals surface area contributed by atoms with E-state index >= 15 is 0 Å². The summed E-state index contributed by atoms with van der Waals surface area (Å²) in [7, 11) is 1.32. The number of alkyl halides is 6. The Bertz CT molecular complexity index is 832. The van der Waals surface area contributed by atoms with Crippen molar-refractivity contribution in [2.75, 3.05) is 12.4 Å². The minimum Gasteiger partial charge on any atom is -0.495 e. The topological polar surface area (TPSA) is 59.6 Å². The average molecular weight is 412 g/mol. The molecule has 0 unspecified atom stereocenters. The molecule has 2 rings (SSSR count). The second-order valence-electron chi connectivity index (χ2n) is 5.24. The number of nitrogens with one attached hydrogen (secondary N) is 1. The van der Waals surface area contributed by atoms with Crippen LogP contribution in [0.2, 0.25) is 5.02 Å². The molecular weight excluding hydrogens is 400 g/mol. The second-order valence-corrected chi connectivity index (χ2v) is 5.68. The molecule has 0 spiro atoms. The molecule has 0 saturated carbocycles. The van der Waals surface area contributed by atoms with E-state index in [1.165, 1.54) is 25.3 Å². The quantitative estimate of drug-likeness (QED) is 0.242. The molecule has 3 N–H and O–H groups in total. The van der Waals surface area contributed by atoms with E-state index in [1.54, 1.807) is 0 Å². The van der Waals surface area contributed by atoms with E-state index in [4.69, 9.17) is 22.2 Å². The molecule has 0 aliphatic rings. The Hall–Kier alpha value is -2.62. The minimum atomic E-state index is -5.00. The first-order chi connectivity index (χ1) is 12.5. The highest BCUT2D eigenvalue weighted by molar-refractivity contribution is 6.31. The van der Waals surface area contributed by atoms with Crippen molar-refractivity contribution in [1.82, 2.24) is 0 Å². The lowest BCUT2D eigenvalue weighted by Crippen LogP contribution is -2.19. The monoisotopic (exact) mass is 411 g/mol. The largest absolute Gasteiger partial charge is 0.495 e. The number of anilines is 1. The van der Waals surface area contributed by atoms with Gasteiger partial charge in [0, 0.05) is 10.6 Å². The van der Waals surface area contributed by atoms with E-state index in [1.807, 2.05) is 0 Å². The van der Waals surface area contributed by atoms with Gasteiger partial charge in [-0.25, -0.2) is 0 Å². The Labute approximate surface area is 154 Å². The number of amidine groups is 1. The zero-order valence-corrected chi connectivity index (χ0v) is 14.3. The van der Waals surface area contributed by atoms with Crippen LogP contribution in [0, 0.1) is 0 Å². The number of hydrazone groups is 1. The Balaban J connectivity index is 2.56. The molecule has 27 heavy (non-hydrogen) atoms. The van der Waals surface area contributed by atoms with Gasteiger partial charge >= 0.3 is 12.4 Å². The van der Waals surface area contributed by atoms with E-state index in [0.29, 0.717) is 12.1 Å². The summed E-state index contributed by atoms with van der Waals surface area (Å²) in [6, 6.07) is 5.31. The maximum Gasteiger partial charge on any atom is 0.416 e. The van der Waals surface area contributed by atoms with Crippen LogP contribution >= 0.6 is 11.6 Å². The van der Waals surface area contributed by atoms with Gasteiger partial charge in [0.15, 0.2) is 5.84 Å². The Morgan fingerprint density at radius 3 is 2.00 bits per heavy atom. The molecule has 0 atom stereocenters. The summed E-state index contributed by atoms with van der Waals surface area (Å²) in [5.41, 5.74) is -3.34. The summed E-state index contributed by atoms with van der Waals surface area (Å²) in [4.78, 5) is 0. The molecule has 0 bridgehead atoms. The predicted molar refractivity (Wildman–Crippen MR) is 88.8 cm³/mol. The maximum absolute atomic E-state index is 13.0. The Kier molecular flexibility index (Phi) is 5.79. The smallest absolute Gasteiger partial charge is 0.416 e. The molecular formula is C16H12ClF6N3O. The highest BCUT2D eigenvalue weighted by atomic mass is 35.5. The molecule has 0 aliphatic heterocycles. The Morgan fingerprint density at radius 1 is 1.00 bits per heavy atom. The fourth-order valence-electron chi connectivity index (χ4n) is 2.18. The first-order valence-electron chi connectivity index (χ1n) is 7.14. The van der Waals surface area contributed by atoms with E-state index < -0.39 is 34.9 Å². The van der Waals surface area contributed by atoms with Gasteiger partial charge in [-0.05, 0) is 36.4 Å². The average Bonchev–Trinajstić information content (AvgIpc) is 2.58. The van der Waals surface area contributed by atoms with Crippen molar-refractivity contribution in [3.8, 4) is 5.75 Å². The summed E-state index contributed by atoms with van der Waals surface area (Å²) in [6.45, 7) is 0. The van der Waals surface area contributed by atoms with Crippen molar-refractivity contribution in [2.24, 2.45) is 10.9 Å². The van der Waals surface area contributed by atoms with Gasteiger partial charge in [0.1, 0.15) is 5.75 Å². The number of benzene rings is 2. The number of rotatable bonds is 3. The number of halogens is 7. The summed E-state index contributed by atoms with van der Waals surface area (Å²) in [6.07, 6.45) is -9.99. The molecule has 0 saturated heterocycles. The van der Waals surface area contributed by atoms with Crippen LogP contribution in [0.25, 0.3) is 0 Å². The number of methoxy groups -OCH3 is 1. The number of hydrogen-bond donors (Lipinski definition) is 2. The molecule has 0 fully saturated rings. The van der Waals surface area contributed by atoms with Crippen molar-refractivity contribution in [2.45, 2.75) is 12.4 Å². The number of ether oxygens (including phenoxy) is 1. The molecule has 0 heterocycles. The normalized spacial score (nSPS) is 12.8. The van der Waals surface area contributed by atoms with Crippen molar-refractivity contribution in [3.05, 3.63) is 58.1 Å². The molecule has 146 valence electrons. The highest BCUT2D eigenvalue weighted by Crippen LogP contribution is 2.37. The maximum atomic E-state index is 13.0. The van der Waals surface area contributed by atoms with E-state index in [0.717, 1.165) is 0 Å². The van der Waals surface area contributed by atoms with Crippen molar-refractivity contribution in [3.63, 3.8) is 0 Å². The molecule has 4 nitrogen and oxygen atoms in total. The summed E-state index contributed by atoms with van der Waals surface area (Å²) in [5, 5.41) is 6.07. The van der Waals surface area contributed by atoms with Crippen LogP contribution in [0.1, 0.15) is 16.7 Å². The van der Waals surface area contributed by atoms with Gasteiger partial charge in [0.25, 0.3) is 0 Å². The fraction of sp³-hybridized carbons (Fsp3) is 0.188.